The van der Waals surface area contributed by atoms with Gasteiger partial charge in [-0.3, -0.25) is 4.31 Å². The van der Waals surface area contributed by atoms with Crippen LogP contribution in [0.2, 0.25) is 0 Å². The Morgan fingerprint density at radius 2 is 1.81 bits per heavy atom. The van der Waals surface area contributed by atoms with Crippen LogP contribution in [0.3, 0.4) is 0 Å². The van der Waals surface area contributed by atoms with Crippen LogP contribution in [0.25, 0.3) is 0 Å². The molecule has 0 N–H and O–H groups in total. The maximum absolute atomic E-state index is 13.9. The van der Waals surface area contributed by atoms with Crippen molar-refractivity contribution in [1.29, 1.82) is 0 Å². The molecule has 3 aromatic carbocycles. The van der Waals surface area contributed by atoms with Gasteiger partial charge in [0, 0.05) is 18.2 Å². The van der Waals surface area contributed by atoms with Gasteiger partial charge in [0.1, 0.15) is 23.1 Å². The number of para-hydroxylation sites is 1. The first-order chi connectivity index (χ1) is 15.4. The SMILES string of the molecule is CN(c1ccccc1)S(=O)(=O)c1ccccc1C(=O)OCc1cc(F)cc2c1OCOC2. The van der Waals surface area contributed by atoms with Crippen molar-refractivity contribution in [2.75, 3.05) is 18.1 Å². The lowest BCUT2D eigenvalue weighted by atomic mass is 10.1. The summed E-state index contributed by atoms with van der Waals surface area (Å²) in [6.45, 7) is -0.102. The van der Waals surface area contributed by atoms with Gasteiger partial charge in [0.15, 0.2) is 6.79 Å². The summed E-state index contributed by atoms with van der Waals surface area (Å²) in [6, 6.07) is 16.8. The molecule has 0 radical (unpaired) electrons. The number of sulfonamides is 1. The molecule has 7 nitrogen and oxygen atoms in total. The van der Waals surface area contributed by atoms with Crippen molar-refractivity contribution in [2.24, 2.45) is 0 Å². The molecule has 0 aliphatic carbocycles. The fraction of sp³-hybridized carbons (Fsp3) is 0.174. The van der Waals surface area contributed by atoms with Gasteiger partial charge in [-0.05, 0) is 36.4 Å². The van der Waals surface area contributed by atoms with E-state index in [-0.39, 0.29) is 30.5 Å². The zero-order valence-electron chi connectivity index (χ0n) is 17.2. The average molecular weight is 457 g/mol. The number of halogens is 1. The quantitative estimate of drug-likeness (QED) is 0.523. The van der Waals surface area contributed by atoms with Crippen LogP contribution in [-0.2, 0) is 32.7 Å². The minimum atomic E-state index is -4.04. The molecule has 0 amide bonds. The second-order valence-corrected chi connectivity index (χ2v) is 8.98. The monoisotopic (exact) mass is 457 g/mol. The minimum absolute atomic E-state index is 0.00643. The predicted octanol–water partition coefficient (Wildman–Crippen LogP) is 3.87. The van der Waals surface area contributed by atoms with E-state index in [2.05, 4.69) is 0 Å². The van der Waals surface area contributed by atoms with E-state index in [1.54, 1.807) is 36.4 Å². The smallest absolute Gasteiger partial charge is 0.339 e. The molecule has 0 fully saturated rings. The van der Waals surface area contributed by atoms with E-state index >= 15 is 0 Å². The number of carbonyl (C=O) groups excluding carboxylic acids is 1. The van der Waals surface area contributed by atoms with E-state index in [0.29, 0.717) is 22.6 Å². The molecule has 1 heterocycles. The van der Waals surface area contributed by atoms with E-state index in [1.807, 2.05) is 0 Å². The van der Waals surface area contributed by atoms with Crippen molar-refractivity contribution in [1.82, 2.24) is 0 Å². The number of ether oxygens (including phenoxy) is 3. The Kier molecular flexibility index (Phi) is 6.11. The van der Waals surface area contributed by atoms with Crippen LogP contribution in [-0.4, -0.2) is 28.2 Å². The zero-order valence-corrected chi connectivity index (χ0v) is 18.0. The van der Waals surface area contributed by atoms with Crippen molar-refractivity contribution in [3.8, 4) is 5.75 Å². The van der Waals surface area contributed by atoms with E-state index < -0.39 is 21.8 Å². The molecular formula is C23H20FNO6S. The van der Waals surface area contributed by atoms with Gasteiger partial charge >= 0.3 is 5.97 Å². The summed E-state index contributed by atoms with van der Waals surface area (Å²) >= 11 is 0. The first-order valence-corrected chi connectivity index (χ1v) is 11.1. The average Bonchev–Trinajstić information content (AvgIpc) is 2.82. The highest BCUT2D eigenvalue weighted by molar-refractivity contribution is 7.92. The van der Waals surface area contributed by atoms with Crippen molar-refractivity contribution in [2.45, 2.75) is 18.1 Å². The lowest BCUT2D eigenvalue weighted by Gasteiger charge is -2.22. The van der Waals surface area contributed by atoms with Crippen LogP contribution in [0.5, 0.6) is 5.75 Å². The van der Waals surface area contributed by atoms with Crippen LogP contribution in [0.1, 0.15) is 21.5 Å². The number of carbonyl (C=O) groups is 1. The second kappa shape index (κ2) is 8.97. The molecule has 0 unspecified atom stereocenters. The van der Waals surface area contributed by atoms with Crippen molar-refractivity contribution >= 4 is 21.7 Å². The number of hydrogen-bond acceptors (Lipinski definition) is 6. The highest BCUT2D eigenvalue weighted by Crippen LogP contribution is 2.31. The molecule has 1 aliphatic heterocycles. The molecule has 0 aromatic heterocycles. The lowest BCUT2D eigenvalue weighted by Crippen LogP contribution is -2.28. The van der Waals surface area contributed by atoms with Gasteiger partial charge in [-0.2, -0.15) is 0 Å². The molecule has 0 saturated heterocycles. The van der Waals surface area contributed by atoms with Crippen LogP contribution < -0.4 is 9.04 Å². The minimum Gasteiger partial charge on any atom is -0.467 e. The van der Waals surface area contributed by atoms with Gasteiger partial charge in [-0.1, -0.05) is 30.3 Å². The molecular weight excluding hydrogens is 437 g/mol. The van der Waals surface area contributed by atoms with Crippen molar-refractivity contribution < 1.29 is 31.8 Å². The first kappa shape index (κ1) is 21.8. The molecule has 32 heavy (non-hydrogen) atoms. The number of rotatable bonds is 6. The van der Waals surface area contributed by atoms with Crippen LogP contribution in [0.15, 0.2) is 71.6 Å². The third-order valence-electron chi connectivity index (χ3n) is 4.98. The van der Waals surface area contributed by atoms with Gasteiger partial charge in [0.05, 0.1) is 17.9 Å². The van der Waals surface area contributed by atoms with Gasteiger partial charge < -0.3 is 14.2 Å². The summed E-state index contributed by atoms with van der Waals surface area (Å²) < 4.78 is 57.4. The van der Waals surface area contributed by atoms with E-state index in [4.69, 9.17) is 14.2 Å². The second-order valence-electron chi connectivity index (χ2n) is 7.04. The maximum atomic E-state index is 13.9. The van der Waals surface area contributed by atoms with E-state index in [1.165, 1.54) is 37.4 Å². The molecule has 4 rings (SSSR count). The Bertz CT molecular complexity index is 1250. The summed E-state index contributed by atoms with van der Waals surface area (Å²) in [4.78, 5) is 12.6. The Morgan fingerprint density at radius 3 is 2.59 bits per heavy atom. The summed E-state index contributed by atoms with van der Waals surface area (Å²) in [5.41, 5.74) is 1.17. The lowest BCUT2D eigenvalue weighted by molar-refractivity contribution is -0.0183. The number of anilines is 1. The van der Waals surface area contributed by atoms with Crippen LogP contribution in [0, 0.1) is 5.82 Å². The van der Waals surface area contributed by atoms with Crippen molar-refractivity contribution in [3.05, 3.63) is 89.2 Å². The third-order valence-corrected chi connectivity index (χ3v) is 6.82. The van der Waals surface area contributed by atoms with Gasteiger partial charge in [0.2, 0.25) is 0 Å². The molecule has 0 bridgehead atoms. The Labute approximate surface area is 185 Å². The molecule has 9 heteroatoms. The largest absolute Gasteiger partial charge is 0.467 e. The molecule has 1 aliphatic rings. The number of benzene rings is 3. The number of esters is 1. The fourth-order valence-corrected chi connectivity index (χ4v) is 4.74. The van der Waals surface area contributed by atoms with E-state index in [9.17, 15) is 17.6 Å². The summed E-state index contributed by atoms with van der Waals surface area (Å²) in [5, 5.41) is 0. The molecule has 0 spiro atoms. The highest BCUT2D eigenvalue weighted by Gasteiger charge is 2.28. The molecule has 3 aromatic rings. The van der Waals surface area contributed by atoms with Gasteiger partial charge in [0.25, 0.3) is 10.0 Å². The number of fused-ring (bicyclic) bond motifs is 1. The number of nitrogens with zero attached hydrogens (tertiary/aromatic N) is 1. The molecule has 0 saturated carbocycles. The summed E-state index contributed by atoms with van der Waals surface area (Å²) in [6.07, 6.45) is 0. The third kappa shape index (κ3) is 4.30. The van der Waals surface area contributed by atoms with Gasteiger partial charge in [-0.15, -0.1) is 0 Å². The first-order valence-electron chi connectivity index (χ1n) is 9.70. The van der Waals surface area contributed by atoms with E-state index in [0.717, 1.165) is 4.31 Å². The predicted molar refractivity (Wildman–Crippen MR) is 114 cm³/mol. The van der Waals surface area contributed by atoms with Crippen LogP contribution in [0.4, 0.5) is 10.1 Å². The topological polar surface area (TPSA) is 82.1 Å². The normalized spacial score (nSPS) is 13.1. The Balaban J connectivity index is 1.60. The molecule has 166 valence electrons. The van der Waals surface area contributed by atoms with Crippen LogP contribution >= 0.6 is 0 Å². The molecule has 0 atom stereocenters. The Hall–Kier alpha value is -3.43. The fourth-order valence-electron chi connectivity index (χ4n) is 3.37. The number of hydrogen-bond donors (Lipinski definition) is 0. The zero-order chi connectivity index (χ0) is 22.7. The van der Waals surface area contributed by atoms with Gasteiger partial charge in [-0.25, -0.2) is 17.6 Å². The standard InChI is InChI=1S/C23H20FNO6S/c1-25(19-7-3-2-4-8-19)32(27,28)21-10-6-5-9-20(21)23(26)30-14-17-12-18(24)11-16-13-29-15-31-22(16)17/h2-12H,13-15H2,1H3. The highest BCUT2D eigenvalue weighted by atomic mass is 32.2. The van der Waals surface area contributed by atoms with Crippen molar-refractivity contribution in [3.63, 3.8) is 0 Å². The summed E-state index contributed by atoms with van der Waals surface area (Å²) in [7, 11) is -2.63. The maximum Gasteiger partial charge on any atom is 0.339 e. The Morgan fingerprint density at radius 1 is 1.09 bits per heavy atom. The summed E-state index contributed by atoms with van der Waals surface area (Å²) in [5.74, 6) is -0.970.